The van der Waals surface area contributed by atoms with E-state index in [1.54, 1.807) is 24.0 Å². The first-order valence-electron chi connectivity index (χ1n) is 8.06. The number of likely N-dealkylation sites (N-methyl/N-ethyl adjacent to an activating group) is 1. The number of hydrogen-bond donors (Lipinski definition) is 1. The van der Waals surface area contributed by atoms with Gasteiger partial charge in [-0.2, -0.15) is 0 Å². The number of halogens is 1. The van der Waals surface area contributed by atoms with Crippen molar-refractivity contribution >= 4 is 6.03 Å². The van der Waals surface area contributed by atoms with Crippen molar-refractivity contribution in [3.05, 3.63) is 29.6 Å². The van der Waals surface area contributed by atoms with E-state index in [1.807, 2.05) is 6.92 Å². The molecule has 5 nitrogen and oxygen atoms in total. The van der Waals surface area contributed by atoms with Gasteiger partial charge in [-0.15, -0.1) is 0 Å². The minimum atomic E-state index is -0.489. The highest BCUT2D eigenvalue weighted by Gasteiger charge is 2.24. The first-order chi connectivity index (χ1) is 11.1. The zero-order chi connectivity index (χ0) is 16.8. The summed E-state index contributed by atoms with van der Waals surface area (Å²) in [5.41, 5.74) is 0.358. The summed E-state index contributed by atoms with van der Waals surface area (Å²) in [6, 6.07) is 3.93. The van der Waals surface area contributed by atoms with Crippen molar-refractivity contribution in [2.75, 3.05) is 26.8 Å². The van der Waals surface area contributed by atoms with Crippen LogP contribution in [0.2, 0.25) is 0 Å². The van der Waals surface area contributed by atoms with E-state index in [0.29, 0.717) is 24.4 Å². The third kappa shape index (κ3) is 4.34. The van der Waals surface area contributed by atoms with E-state index in [2.05, 4.69) is 5.32 Å². The maximum absolute atomic E-state index is 14.1. The molecule has 0 saturated carbocycles. The van der Waals surface area contributed by atoms with Gasteiger partial charge in [0.25, 0.3) is 0 Å². The van der Waals surface area contributed by atoms with Gasteiger partial charge in [-0.3, -0.25) is 0 Å². The molecule has 0 bridgehead atoms. The lowest BCUT2D eigenvalue weighted by atomic mass is 10.1. The number of nitrogens with zero attached hydrogens (tertiary/aromatic N) is 1. The monoisotopic (exact) mass is 324 g/mol. The molecule has 2 rings (SSSR count). The second-order valence-electron chi connectivity index (χ2n) is 5.70. The number of nitrogens with one attached hydrogen (secondary N) is 1. The third-order valence-electron chi connectivity index (χ3n) is 4.12. The molecule has 0 aliphatic carbocycles. The number of carbonyl (C=O) groups is 1. The average Bonchev–Trinajstić information content (AvgIpc) is 3.04. The standard InChI is InChI=1S/C17H25FN2O3/c1-4-20(11-13-7-6-10-23-13)17(21)19-12(2)16-14(18)8-5-9-15(16)22-3/h5,8-9,12-13H,4,6-7,10-11H2,1-3H3,(H,19,21)/t12-,13-/m0/s1. The number of amides is 2. The van der Waals surface area contributed by atoms with E-state index in [4.69, 9.17) is 9.47 Å². The molecule has 1 fully saturated rings. The van der Waals surface area contributed by atoms with Gasteiger partial charge in [-0.25, -0.2) is 9.18 Å². The van der Waals surface area contributed by atoms with Crippen LogP contribution in [0, 0.1) is 5.82 Å². The molecule has 0 spiro atoms. The van der Waals surface area contributed by atoms with Crippen LogP contribution in [0.15, 0.2) is 18.2 Å². The second-order valence-corrected chi connectivity index (χ2v) is 5.70. The SMILES string of the molecule is CCN(C[C@@H]1CCCO1)C(=O)N[C@@H](C)c1c(F)cccc1OC. The lowest BCUT2D eigenvalue weighted by Crippen LogP contribution is -2.44. The van der Waals surface area contributed by atoms with E-state index in [1.165, 1.54) is 13.2 Å². The van der Waals surface area contributed by atoms with Crippen LogP contribution in [0.5, 0.6) is 5.75 Å². The Morgan fingerprint density at radius 2 is 2.35 bits per heavy atom. The normalized spacial score (nSPS) is 18.5. The number of hydrogen-bond acceptors (Lipinski definition) is 3. The van der Waals surface area contributed by atoms with Crippen LogP contribution in [0.4, 0.5) is 9.18 Å². The van der Waals surface area contributed by atoms with E-state index >= 15 is 0 Å². The van der Waals surface area contributed by atoms with Crippen LogP contribution < -0.4 is 10.1 Å². The van der Waals surface area contributed by atoms with Crippen LogP contribution in [0.25, 0.3) is 0 Å². The molecule has 2 atom stereocenters. The molecule has 0 aromatic heterocycles. The summed E-state index contributed by atoms with van der Waals surface area (Å²) in [5, 5.41) is 2.85. The van der Waals surface area contributed by atoms with Crippen molar-refractivity contribution in [2.24, 2.45) is 0 Å². The summed E-state index contributed by atoms with van der Waals surface area (Å²) in [4.78, 5) is 14.1. The van der Waals surface area contributed by atoms with Gasteiger partial charge in [-0.1, -0.05) is 6.07 Å². The van der Waals surface area contributed by atoms with Crippen LogP contribution in [0.1, 0.15) is 38.3 Å². The third-order valence-corrected chi connectivity index (χ3v) is 4.12. The number of carbonyl (C=O) groups excluding carboxylic acids is 1. The smallest absolute Gasteiger partial charge is 0.317 e. The number of ether oxygens (including phenoxy) is 2. The van der Waals surface area contributed by atoms with Crippen molar-refractivity contribution in [3.8, 4) is 5.75 Å². The number of rotatable bonds is 6. The van der Waals surface area contributed by atoms with Gasteiger partial charge in [0.05, 0.1) is 24.8 Å². The Morgan fingerprint density at radius 1 is 1.57 bits per heavy atom. The van der Waals surface area contributed by atoms with Gasteiger partial charge in [0.1, 0.15) is 11.6 Å². The largest absolute Gasteiger partial charge is 0.496 e. The molecule has 1 heterocycles. The molecule has 128 valence electrons. The zero-order valence-electron chi connectivity index (χ0n) is 14.0. The highest BCUT2D eigenvalue weighted by molar-refractivity contribution is 5.74. The predicted octanol–water partition coefficient (Wildman–Crippen LogP) is 3.11. The van der Waals surface area contributed by atoms with Crippen LogP contribution in [-0.4, -0.2) is 43.8 Å². The molecule has 1 aromatic rings. The van der Waals surface area contributed by atoms with Gasteiger partial charge in [0, 0.05) is 19.7 Å². The van der Waals surface area contributed by atoms with Crippen molar-refractivity contribution < 1.29 is 18.7 Å². The second kappa shape index (κ2) is 8.15. The first kappa shape index (κ1) is 17.5. The van der Waals surface area contributed by atoms with Crippen molar-refractivity contribution in [1.29, 1.82) is 0 Å². The fraction of sp³-hybridized carbons (Fsp3) is 0.588. The highest BCUT2D eigenvalue weighted by Crippen LogP contribution is 2.27. The van der Waals surface area contributed by atoms with Gasteiger partial charge >= 0.3 is 6.03 Å². The van der Waals surface area contributed by atoms with E-state index < -0.39 is 6.04 Å². The Kier molecular flexibility index (Phi) is 6.21. The molecule has 0 unspecified atom stereocenters. The van der Waals surface area contributed by atoms with Gasteiger partial charge in [0.15, 0.2) is 0 Å². The number of benzene rings is 1. The average molecular weight is 324 g/mol. The molecule has 6 heteroatoms. The van der Waals surface area contributed by atoms with Gasteiger partial charge in [0.2, 0.25) is 0 Å². The molecule has 1 aliphatic rings. The Labute approximate surface area is 136 Å². The van der Waals surface area contributed by atoms with Crippen molar-refractivity contribution in [2.45, 2.75) is 38.8 Å². The number of methoxy groups -OCH3 is 1. The molecule has 1 saturated heterocycles. The van der Waals surface area contributed by atoms with E-state index in [0.717, 1.165) is 19.4 Å². The molecule has 23 heavy (non-hydrogen) atoms. The van der Waals surface area contributed by atoms with Gasteiger partial charge in [-0.05, 0) is 38.8 Å². The molecule has 1 aliphatic heterocycles. The molecular formula is C17H25FN2O3. The summed E-state index contributed by atoms with van der Waals surface area (Å²) in [7, 11) is 1.49. The number of urea groups is 1. The molecule has 1 N–H and O–H groups in total. The molecule has 0 radical (unpaired) electrons. The Bertz CT molecular complexity index is 533. The lowest BCUT2D eigenvalue weighted by molar-refractivity contribution is 0.0821. The zero-order valence-corrected chi connectivity index (χ0v) is 14.0. The molecule has 2 amide bonds. The predicted molar refractivity (Wildman–Crippen MR) is 86.1 cm³/mol. The molecule has 1 aromatic carbocycles. The summed E-state index contributed by atoms with van der Waals surface area (Å²) < 4.78 is 24.9. The summed E-state index contributed by atoms with van der Waals surface area (Å²) >= 11 is 0. The Hall–Kier alpha value is -1.82. The Balaban J connectivity index is 2.03. The van der Waals surface area contributed by atoms with Crippen LogP contribution >= 0.6 is 0 Å². The topological polar surface area (TPSA) is 50.8 Å². The van der Waals surface area contributed by atoms with Gasteiger partial charge < -0.3 is 19.7 Å². The van der Waals surface area contributed by atoms with Crippen molar-refractivity contribution in [1.82, 2.24) is 10.2 Å². The van der Waals surface area contributed by atoms with Crippen LogP contribution in [-0.2, 0) is 4.74 Å². The lowest BCUT2D eigenvalue weighted by Gasteiger charge is -2.27. The highest BCUT2D eigenvalue weighted by atomic mass is 19.1. The van der Waals surface area contributed by atoms with E-state index in [-0.39, 0.29) is 18.0 Å². The van der Waals surface area contributed by atoms with Crippen molar-refractivity contribution in [3.63, 3.8) is 0 Å². The molecular weight excluding hydrogens is 299 g/mol. The summed E-state index contributed by atoms with van der Waals surface area (Å²) in [6.07, 6.45) is 2.10. The minimum absolute atomic E-state index is 0.0963. The minimum Gasteiger partial charge on any atom is -0.496 e. The van der Waals surface area contributed by atoms with Crippen LogP contribution in [0.3, 0.4) is 0 Å². The summed E-state index contributed by atoms with van der Waals surface area (Å²) in [6.45, 7) is 5.56. The summed E-state index contributed by atoms with van der Waals surface area (Å²) in [5.74, 6) is 0.0410. The maximum atomic E-state index is 14.1. The quantitative estimate of drug-likeness (QED) is 0.875. The maximum Gasteiger partial charge on any atom is 0.317 e. The fourth-order valence-corrected chi connectivity index (χ4v) is 2.85. The fourth-order valence-electron chi connectivity index (χ4n) is 2.85. The Morgan fingerprint density at radius 3 is 2.96 bits per heavy atom. The van der Waals surface area contributed by atoms with E-state index in [9.17, 15) is 9.18 Å². The first-order valence-corrected chi connectivity index (χ1v) is 8.06.